The zero-order valence-corrected chi connectivity index (χ0v) is 10.2. The summed E-state index contributed by atoms with van der Waals surface area (Å²) in [6, 6.07) is 0. The number of carboxylic acids is 1. The van der Waals surface area contributed by atoms with Crippen molar-refractivity contribution < 1.29 is 14.6 Å². The molecule has 1 heterocycles. The quantitative estimate of drug-likeness (QED) is 0.889. The fraction of sp³-hybridized carbons (Fsp3) is 0.556. The van der Waals surface area contributed by atoms with Crippen molar-refractivity contribution in [3.63, 3.8) is 0 Å². The maximum absolute atomic E-state index is 11.0. The largest absolute Gasteiger partial charge is 0.479 e. The van der Waals surface area contributed by atoms with Gasteiger partial charge in [0, 0.05) is 23.6 Å². The third kappa shape index (κ3) is 2.48. The minimum absolute atomic E-state index is 0.401. The fourth-order valence-corrected chi connectivity index (χ4v) is 2.44. The van der Waals surface area contributed by atoms with Crippen LogP contribution in [0, 0.1) is 0 Å². The molecule has 0 saturated heterocycles. The highest BCUT2D eigenvalue weighted by molar-refractivity contribution is 7.15. The predicted molar refractivity (Wildman–Crippen MR) is 58.6 cm³/mol. The summed E-state index contributed by atoms with van der Waals surface area (Å²) in [5.41, 5.74) is -0.647. The van der Waals surface area contributed by atoms with Gasteiger partial charge in [-0.2, -0.15) is 0 Å². The number of carbonyl (C=O) groups is 1. The highest BCUT2D eigenvalue weighted by Crippen LogP contribution is 2.34. The summed E-state index contributed by atoms with van der Waals surface area (Å²) in [6.45, 7) is 3.58. The number of thiazole rings is 1. The van der Waals surface area contributed by atoms with Crippen molar-refractivity contribution in [3.8, 4) is 0 Å². The lowest BCUT2D eigenvalue weighted by Crippen LogP contribution is -2.40. The number of methoxy groups -OCH3 is 1. The van der Waals surface area contributed by atoms with Crippen LogP contribution in [0.4, 0.5) is 0 Å². The molecule has 0 radical (unpaired) electrons. The SMILES string of the molecule is COC(C(=O)O)C(C)(C)c1cnc(Cl)s1. The molecule has 1 rings (SSSR count). The van der Waals surface area contributed by atoms with E-state index in [0.29, 0.717) is 4.47 Å². The molecular weight excluding hydrogens is 238 g/mol. The Morgan fingerprint density at radius 2 is 2.33 bits per heavy atom. The molecule has 15 heavy (non-hydrogen) atoms. The van der Waals surface area contributed by atoms with Gasteiger partial charge in [0.05, 0.1) is 0 Å². The van der Waals surface area contributed by atoms with Gasteiger partial charge in [0.2, 0.25) is 0 Å². The average Bonchev–Trinajstić information content (AvgIpc) is 2.52. The smallest absolute Gasteiger partial charge is 0.333 e. The maximum Gasteiger partial charge on any atom is 0.333 e. The molecule has 0 amide bonds. The number of halogens is 1. The molecule has 0 bridgehead atoms. The van der Waals surface area contributed by atoms with Gasteiger partial charge in [-0.15, -0.1) is 11.3 Å². The molecule has 4 nitrogen and oxygen atoms in total. The van der Waals surface area contributed by atoms with Crippen LogP contribution < -0.4 is 0 Å². The molecule has 0 aromatic carbocycles. The summed E-state index contributed by atoms with van der Waals surface area (Å²) in [7, 11) is 1.38. The van der Waals surface area contributed by atoms with Crippen molar-refractivity contribution in [1.29, 1.82) is 0 Å². The summed E-state index contributed by atoms with van der Waals surface area (Å²) in [5.74, 6) is -0.993. The zero-order valence-electron chi connectivity index (χ0n) is 8.65. The van der Waals surface area contributed by atoms with E-state index in [1.807, 2.05) is 0 Å². The van der Waals surface area contributed by atoms with Crippen LogP contribution >= 0.6 is 22.9 Å². The Balaban J connectivity index is 3.04. The second kappa shape index (κ2) is 4.47. The Morgan fingerprint density at radius 3 is 2.67 bits per heavy atom. The third-order valence-electron chi connectivity index (χ3n) is 2.23. The summed E-state index contributed by atoms with van der Waals surface area (Å²) in [5, 5.41) is 9.00. The summed E-state index contributed by atoms with van der Waals surface area (Å²) < 4.78 is 5.38. The van der Waals surface area contributed by atoms with Crippen molar-refractivity contribution in [1.82, 2.24) is 4.98 Å². The van der Waals surface area contributed by atoms with Gasteiger partial charge in [0.1, 0.15) is 0 Å². The predicted octanol–water partition coefficient (Wildman–Crippen LogP) is 2.17. The normalized spacial score (nSPS) is 13.9. The van der Waals surface area contributed by atoms with Gasteiger partial charge in [0.15, 0.2) is 10.6 Å². The van der Waals surface area contributed by atoms with E-state index >= 15 is 0 Å². The number of nitrogens with zero attached hydrogens (tertiary/aromatic N) is 1. The Labute approximate surface area is 96.9 Å². The third-order valence-corrected chi connectivity index (χ3v) is 3.68. The van der Waals surface area contributed by atoms with Crippen molar-refractivity contribution in [2.45, 2.75) is 25.4 Å². The number of aromatic nitrogens is 1. The summed E-state index contributed by atoms with van der Waals surface area (Å²) >= 11 is 6.98. The highest BCUT2D eigenvalue weighted by atomic mass is 35.5. The number of carboxylic acid groups (broad SMARTS) is 1. The van der Waals surface area contributed by atoms with Gasteiger partial charge < -0.3 is 9.84 Å². The van der Waals surface area contributed by atoms with E-state index in [1.165, 1.54) is 18.4 Å². The fourth-order valence-electron chi connectivity index (χ4n) is 1.38. The van der Waals surface area contributed by atoms with Crippen molar-refractivity contribution in [2.75, 3.05) is 7.11 Å². The molecule has 0 spiro atoms. The van der Waals surface area contributed by atoms with Crippen LogP contribution in [0.25, 0.3) is 0 Å². The van der Waals surface area contributed by atoms with E-state index in [1.54, 1.807) is 20.0 Å². The minimum atomic E-state index is -0.993. The van der Waals surface area contributed by atoms with Gasteiger partial charge in [-0.1, -0.05) is 25.4 Å². The van der Waals surface area contributed by atoms with Gasteiger partial charge in [-0.25, -0.2) is 9.78 Å². The van der Waals surface area contributed by atoms with Gasteiger partial charge in [0.25, 0.3) is 0 Å². The lowest BCUT2D eigenvalue weighted by Gasteiger charge is -2.28. The number of aliphatic carboxylic acids is 1. The molecular formula is C9H12ClNO3S. The van der Waals surface area contributed by atoms with Gasteiger partial charge in [-0.05, 0) is 0 Å². The van der Waals surface area contributed by atoms with E-state index in [2.05, 4.69) is 4.98 Å². The zero-order chi connectivity index (χ0) is 11.6. The molecule has 84 valence electrons. The first kappa shape index (κ1) is 12.4. The van der Waals surface area contributed by atoms with Crippen LogP contribution in [0.2, 0.25) is 4.47 Å². The van der Waals surface area contributed by atoms with Gasteiger partial charge in [-0.3, -0.25) is 0 Å². The standard InChI is InChI=1S/C9H12ClNO3S/c1-9(2,6(14-3)7(12)13)5-4-11-8(10)15-5/h4,6H,1-3H3,(H,12,13). The molecule has 1 aromatic heterocycles. The Hall–Kier alpha value is -0.650. The Kier molecular flexibility index (Phi) is 3.70. The number of rotatable bonds is 4. The van der Waals surface area contributed by atoms with Crippen LogP contribution in [0.5, 0.6) is 0 Å². The molecule has 1 atom stereocenters. The Morgan fingerprint density at radius 1 is 1.73 bits per heavy atom. The molecule has 0 aliphatic rings. The number of ether oxygens (including phenoxy) is 1. The molecule has 0 saturated carbocycles. The van der Waals surface area contributed by atoms with Crippen LogP contribution in [0.3, 0.4) is 0 Å². The minimum Gasteiger partial charge on any atom is -0.479 e. The lowest BCUT2D eigenvalue weighted by atomic mass is 9.85. The van der Waals surface area contributed by atoms with Crippen LogP contribution in [-0.4, -0.2) is 29.3 Å². The second-order valence-corrected chi connectivity index (χ2v) is 5.27. The summed E-state index contributed by atoms with van der Waals surface area (Å²) in [6.07, 6.45) is 0.677. The van der Waals surface area contributed by atoms with Crippen molar-refractivity contribution >= 4 is 28.9 Å². The molecule has 1 unspecified atom stereocenters. The first-order valence-electron chi connectivity index (χ1n) is 4.27. The number of hydrogen-bond donors (Lipinski definition) is 1. The van der Waals surface area contributed by atoms with Crippen LogP contribution in [0.1, 0.15) is 18.7 Å². The van der Waals surface area contributed by atoms with E-state index in [9.17, 15) is 4.79 Å². The van der Waals surface area contributed by atoms with E-state index in [-0.39, 0.29) is 0 Å². The molecule has 0 aliphatic carbocycles. The molecule has 0 fully saturated rings. The topological polar surface area (TPSA) is 59.4 Å². The molecule has 6 heteroatoms. The Bertz CT molecular complexity index is 364. The highest BCUT2D eigenvalue weighted by Gasteiger charge is 2.38. The second-order valence-electron chi connectivity index (χ2n) is 3.65. The van der Waals surface area contributed by atoms with Crippen molar-refractivity contribution in [3.05, 3.63) is 15.5 Å². The van der Waals surface area contributed by atoms with Gasteiger partial charge >= 0.3 is 5.97 Å². The van der Waals surface area contributed by atoms with Crippen molar-refractivity contribution in [2.24, 2.45) is 0 Å². The van der Waals surface area contributed by atoms with Crippen LogP contribution in [0.15, 0.2) is 6.20 Å². The lowest BCUT2D eigenvalue weighted by molar-refractivity contribution is -0.152. The molecule has 1 aromatic rings. The maximum atomic E-state index is 11.0. The van der Waals surface area contributed by atoms with E-state index in [4.69, 9.17) is 21.4 Å². The summed E-state index contributed by atoms with van der Waals surface area (Å²) in [4.78, 5) is 15.7. The first-order valence-corrected chi connectivity index (χ1v) is 5.46. The van der Waals surface area contributed by atoms with E-state index in [0.717, 1.165) is 4.88 Å². The van der Waals surface area contributed by atoms with Crippen LogP contribution in [-0.2, 0) is 14.9 Å². The first-order chi connectivity index (χ1) is 6.89. The monoisotopic (exact) mass is 249 g/mol. The molecule has 0 aliphatic heterocycles. The average molecular weight is 250 g/mol. The molecule has 1 N–H and O–H groups in total. The number of hydrogen-bond acceptors (Lipinski definition) is 4. The van der Waals surface area contributed by atoms with E-state index < -0.39 is 17.5 Å².